The lowest BCUT2D eigenvalue weighted by molar-refractivity contribution is -0.119. The molecule has 1 heterocycles. The second kappa shape index (κ2) is 8.03. The van der Waals surface area contributed by atoms with Crippen molar-refractivity contribution in [2.24, 2.45) is 5.14 Å². The SMILES string of the molecule is C[C@@H](NC(=O)CSc1ncnc2ccccc12)c1ccc(S(N)(=O)=O)cc1. The highest BCUT2D eigenvalue weighted by Crippen LogP contribution is 2.24. The number of rotatable bonds is 6. The van der Waals surface area contributed by atoms with Crippen LogP contribution >= 0.6 is 11.8 Å². The lowest BCUT2D eigenvalue weighted by Gasteiger charge is -2.14. The van der Waals surface area contributed by atoms with Gasteiger partial charge in [0, 0.05) is 5.39 Å². The van der Waals surface area contributed by atoms with Crippen molar-refractivity contribution in [1.29, 1.82) is 0 Å². The Morgan fingerprint density at radius 1 is 1.15 bits per heavy atom. The molecule has 7 nitrogen and oxygen atoms in total. The highest BCUT2D eigenvalue weighted by Gasteiger charge is 2.13. The molecule has 0 bridgehead atoms. The first-order chi connectivity index (χ1) is 12.8. The van der Waals surface area contributed by atoms with E-state index in [0.29, 0.717) is 0 Å². The molecule has 1 amide bonds. The van der Waals surface area contributed by atoms with Gasteiger partial charge in [-0.25, -0.2) is 23.5 Å². The number of fused-ring (bicyclic) bond motifs is 1. The number of thioether (sulfide) groups is 1. The smallest absolute Gasteiger partial charge is 0.238 e. The largest absolute Gasteiger partial charge is 0.349 e. The molecular formula is C18H18N4O3S2. The number of hydrogen-bond acceptors (Lipinski definition) is 6. The van der Waals surface area contributed by atoms with Crippen LogP contribution in [0.2, 0.25) is 0 Å². The Balaban J connectivity index is 1.62. The average Bonchev–Trinajstić information content (AvgIpc) is 2.65. The lowest BCUT2D eigenvalue weighted by atomic mass is 10.1. The second-order valence-electron chi connectivity index (χ2n) is 5.89. The summed E-state index contributed by atoms with van der Waals surface area (Å²) in [6.45, 7) is 1.83. The Labute approximate surface area is 161 Å². The van der Waals surface area contributed by atoms with Crippen LogP contribution in [0.4, 0.5) is 0 Å². The van der Waals surface area contributed by atoms with Crippen LogP contribution in [-0.2, 0) is 14.8 Å². The van der Waals surface area contributed by atoms with Crippen molar-refractivity contribution in [2.45, 2.75) is 22.9 Å². The van der Waals surface area contributed by atoms with Gasteiger partial charge in [-0.05, 0) is 30.7 Å². The third kappa shape index (κ3) is 4.82. The minimum Gasteiger partial charge on any atom is -0.349 e. The third-order valence-corrected chi connectivity index (χ3v) is 5.87. The Kier molecular flexibility index (Phi) is 5.73. The van der Waals surface area contributed by atoms with E-state index in [1.165, 1.54) is 30.2 Å². The van der Waals surface area contributed by atoms with Crippen LogP contribution in [0.3, 0.4) is 0 Å². The minimum absolute atomic E-state index is 0.0379. The van der Waals surface area contributed by atoms with Crippen LogP contribution < -0.4 is 10.5 Å². The van der Waals surface area contributed by atoms with Crippen LogP contribution in [-0.4, -0.2) is 30.0 Å². The molecule has 2 aromatic carbocycles. The Morgan fingerprint density at radius 3 is 2.56 bits per heavy atom. The molecule has 0 unspecified atom stereocenters. The van der Waals surface area contributed by atoms with Crippen LogP contribution in [0.15, 0.2) is 64.8 Å². The lowest BCUT2D eigenvalue weighted by Crippen LogP contribution is -2.28. The first-order valence-electron chi connectivity index (χ1n) is 8.09. The predicted molar refractivity (Wildman–Crippen MR) is 105 cm³/mol. The number of sulfonamides is 1. The first-order valence-corrected chi connectivity index (χ1v) is 10.6. The molecule has 3 N–H and O–H groups in total. The first kappa shape index (κ1) is 19.3. The van der Waals surface area contributed by atoms with E-state index in [1.54, 1.807) is 12.1 Å². The van der Waals surface area contributed by atoms with Crippen LogP contribution in [0.5, 0.6) is 0 Å². The van der Waals surface area contributed by atoms with Gasteiger partial charge in [-0.2, -0.15) is 0 Å². The maximum Gasteiger partial charge on any atom is 0.238 e. The summed E-state index contributed by atoms with van der Waals surface area (Å²) in [7, 11) is -3.73. The van der Waals surface area contributed by atoms with Crippen molar-refractivity contribution in [2.75, 3.05) is 5.75 Å². The summed E-state index contributed by atoms with van der Waals surface area (Å²) in [6.07, 6.45) is 1.48. The number of aromatic nitrogens is 2. The molecule has 27 heavy (non-hydrogen) atoms. The zero-order valence-corrected chi connectivity index (χ0v) is 16.1. The molecule has 0 radical (unpaired) electrons. The van der Waals surface area contributed by atoms with E-state index >= 15 is 0 Å². The number of nitrogens with one attached hydrogen (secondary N) is 1. The van der Waals surface area contributed by atoms with Gasteiger partial charge in [0.05, 0.1) is 22.2 Å². The zero-order chi connectivity index (χ0) is 19.4. The molecule has 1 atom stereocenters. The van der Waals surface area contributed by atoms with Gasteiger partial charge < -0.3 is 5.32 Å². The molecule has 3 rings (SSSR count). The minimum atomic E-state index is -3.73. The summed E-state index contributed by atoms with van der Waals surface area (Å²) in [5, 5.41) is 9.63. The molecule has 1 aromatic heterocycles. The van der Waals surface area contributed by atoms with Gasteiger partial charge in [-0.15, -0.1) is 0 Å². The summed E-state index contributed by atoms with van der Waals surface area (Å²) in [6, 6.07) is 13.5. The highest BCUT2D eigenvalue weighted by molar-refractivity contribution is 8.00. The molecule has 3 aromatic rings. The maximum atomic E-state index is 12.3. The van der Waals surface area contributed by atoms with Gasteiger partial charge >= 0.3 is 0 Å². The third-order valence-electron chi connectivity index (χ3n) is 3.93. The van der Waals surface area contributed by atoms with Gasteiger partial charge in [-0.3, -0.25) is 4.79 Å². The average molecular weight is 403 g/mol. The van der Waals surface area contributed by atoms with Crippen molar-refractivity contribution >= 4 is 38.6 Å². The number of nitrogens with two attached hydrogens (primary N) is 1. The fraction of sp³-hybridized carbons (Fsp3) is 0.167. The fourth-order valence-corrected chi connectivity index (χ4v) is 3.86. The Bertz CT molecular complexity index is 1060. The summed E-state index contributed by atoms with van der Waals surface area (Å²) in [4.78, 5) is 20.8. The van der Waals surface area contributed by atoms with Gasteiger partial charge in [0.15, 0.2) is 0 Å². The molecule has 0 fully saturated rings. The van der Waals surface area contributed by atoms with Crippen molar-refractivity contribution in [1.82, 2.24) is 15.3 Å². The molecule has 0 spiro atoms. The van der Waals surface area contributed by atoms with Gasteiger partial charge in [0.2, 0.25) is 15.9 Å². The summed E-state index contributed by atoms with van der Waals surface area (Å²) < 4.78 is 22.6. The highest BCUT2D eigenvalue weighted by atomic mass is 32.2. The molecule has 9 heteroatoms. The molecule has 0 saturated carbocycles. The molecule has 0 aliphatic rings. The monoisotopic (exact) mass is 402 g/mol. The van der Waals surface area contributed by atoms with E-state index in [4.69, 9.17) is 5.14 Å². The van der Waals surface area contributed by atoms with E-state index in [2.05, 4.69) is 15.3 Å². The quantitative estimate of drug-likeness (QED) is 0.483. The van der Waals surface area contributed by atoms with Crippen molar-refractivity contribution in [3.8, 4) is 0 Å². The predicted octanol–water partition coefficient (Wildman–Crippen LogP) is 2.25. The van der Waals surface area contributed by atoms with Gasteiger partial charge in [-0.1, -0.05) is 42.1 Å². The normalized spacial score (nSPS) is 12.7. The van der Waals surface area contributed by atoms with E-state index < -0.39 is 10.0 Å². The van der Waals surface area contributed by atoms with Crippen LogP contribution in [0.25, 0.3) is 10.9 Å². The fourth-order valence-electron chi connectivity index (χ4n) is 2.54. The standard InChI is InChI=1S/C18H18N4O3S2/c1-12(13-6-8-14(9-7-13)27(19,24)25)22-17(23)10-26-18-15-4-2-3-5-16(15)20-11-21-18/h2-9,11-12H,10H2,1H3,(H,22,23)(H2,19,24,25)/t12-/m1/s1. The molecule has 140 valence electrons. The van der Waals surface area contributed by atoms with E-state index in [1.807, 2.05) is 31.2 Å². The molecule has 0 aliphatic heterocycles. The number of benzene rings is 2. The number of carbonyl (C=O) groups excluding carboxylic acids is 1. The summed E-state index contributed by atoms with van der Waals surface area (Å²) >= 11 is 1.34. The van der Waals surface area contributed by atoms with Gasteiger partial charge in [0.1, 0.15) is 11.4 Å². The summed E-state index contributed by atoms with van der Waals surface area (Å²) in [5.41, 5.74) is 1.62. The van der Waals surface area contributed by atoms with Crippen molar-refractivity contribution in [3.63, 3.8) is 0 Å². The van der Waals surface area contributed by atoms with Crippen molar-refractivity contribution in [3.05, 3.63) is 60.4 Å². The number of carbonyl (C=O) groups is 1. The number of para-hydroxylation sites is 1. The maximum absolute atomic E-state index is 12.3. The van der Waals surface area contributed by atoms with E-state index in [9.17, 15) is 13.2 Å². The Hall–Kier alpha value is -2.49. The number of primary sulfonamides is 1. The van der Waals surface area contributed by atoms with Crippen LogP contribution in [0.1, 0.15) is 18.5 Å². The number of hydrogen-bond donors (Lipinski definition) is 2. The van der Waals surface area contributed by atoms with E-state index in [0.717, 1.165) is 21.5 Å². The van der Waals surface area contributed by atoms with Crippen LogP contribution in [0, 0.1) is 0 Å². The number of nitrogens with zero attached hydrogens (tertiary/aromatic N) is 2. The molecule has 0 saturated heterocycles. The van der Waals surface area contributed by atoms with Crippen molar-refractivity contribution < 1.29 is 13.2 Å². The second-order valence-corrected chi connectivity index (χ2v) is 8.41. The number of amides is 1. The summed E-state index contributed by atoms with van der Waals surface area (Å²) in [5.74, 6) is 0.0615. The zero-order valence-electron chi connectivity index (χ0n) is 14.5. The molecular weight excluding hydrogens is 384 g/mol. The Morgan fingerprint density at radius 2 is 1.85 bits per heavy atom. The van der Waals surface area contributed by atoms with E-state index in [-0.39, 0.29) is 22.6 Å². The van der Waals surface area contributed by atoms with Gasteiger partial charge in [0.25, 0.3) is 0 Å². The topological polar surface area (TPSA) is 115 Å². The molecule has 0 aliphatic carbocycles.